The molecule has 0 spiro atoms. The number of benzene rings is 1. The van der Waals surface area contributed by atoms with Gasteiger partial charge in [-0.1, -0.05) is 6.07 Å². The first-order valence-corrected chi connectivity index (χ1v) is 11.2. The summed E-state index contributed by atoms with van der Waals surface area (Å²) in [5.74, 6) is -0.237. The summed E-state index contributed by atoms with van der Waals surface area (Å²) in [5, 5.41) is 5.58. The molecule has 3 heterocycles. The molecule has 4 rings (SSSR count). The Balaban J connectivity index is 1.24. The van der Waals surface area contributed by atoms with E-state index in [1.807, 2.05) is 10.6 Å². The summed E-state index contributed by atoms with van der Waals surface area (Å²) in [7, 11) is 0. The molecule has 2 bridgehead atoms. The lowest BCUT2D eigenvalue weighted by Gasteiger charge is -2.42. The van der Waals surface area contributed by atoms with Crippen LogP contribution in [0.25, 0.3) is 0 Å². The number of aromatic nitrogens is 1. The smallest absolute Gasteiger partial charge is 0.338 e. The van der Waals surface area contributed by atoms with Gasteiger partial charge < -0.3 is 24.8 Å². The number of amides is 3. The standard InChI is InChI=1S/C24H28N4O5/c1-2-33-23(31)17-6-8-19(9-7-17)26-21(29)10-11-25-24(32)27-13-16-12-18(15-27)20-4-3-5-22(30)28(20)14-16/h3-9,16,18H,2,10-15H2,1H3,(H,25,32)(H,26,29)/t16-,18-/m1/s1. The third-order valence-corrected chi connectivity index (χ3v) is 6.08. The van der Waals surface area contributed by atoms with E-state index in [1.165, 1.54) is 0 Å². The normalized spacial score (nSPS) is 18.8. The van der Waals surface area contributed by atoms with Gasteiger partial charge in [0, 0.05) is 56.0 Å². The van der Waals surface area contributed by atoms with Crippen LogP contribution >= 0.6 is 0 Å². The third kappa shape index (κ3) is 5.24. The minimum atomic E-state index is -0.407. The van der Waals surface area contributed by atoms with Crippen LogP contribution in [0.2, 0.25) is 0 Å². The first-order valence-electron chi connectivity index (χ1n) is 11.2. The van der Waals surface area contributed by atoms with Crippen LogP contribution in [-0.4, -0.2) is 53.6 Å². The Labute approximate surface area is 191 Å². The number of pyridine rings is 1. The number of esters is 1. The van der Waals surface area contributed by atoms with Crippen molar-refractivity contribution in [3.05, 3.63) is 64.1 Å². The van der Waals surface area contributed by atoms with Gasteiger partial charge in [0.2, 0.25) is 5.91 Å². The molecule has 0 unspecified atom stereocenters. The van der Waals surface area contributed by atoms with Crippen LogP contribution in [0.4, 0.5) is 10.5 Å². The van der Waals surface area contributed by atoms with Crippen LogP contribution in [0, 0.1) is 5.92 Å². The summed E-state index contributed by atoms with van der Waals surface area (Å²) in [4.78, 5) is 50.5. The summed E-state index contributed by atoms with van der Waals surface area (Å²) in [5.41, 5.74) is 1.99. The molecule has 3 amide bonds. The molecule has 2 N–H and O–H groups in total. The largest absolute Gasteiger partial charge is 0.462 e. The van der Waals surface area contributed by atoms with E-state index < -0.39 is 5.97 Å². The molecule has 2 aliphatic heterocycles. The van der Waals surface area contributed by atoms with Crippen molar-refractivity contribution in [1.29, 1.82) is 0 Å². The van der Waals surface area contributed by atoms with Gasteiger partial charge in [-0.25, -0.2) is 9.59 Å². The highest BCUT2D eigenvalue weighted by Crippen LogP contribution is 2.34. The Morgan fingerprint density at radius 1 is 1.06 bits per heavy atom. The van der Waals surface area contributed by atoms with E-state index in [-0.39, 0.29) is 42.3 Å². The Morgan fingerprint density at radius 3 is 2.61 bits per heavy atom. The second-order valence-corrected chi connectivity index (χ2v) is 8.43. The summed E-state index contributed by atoms with van der Waals surface area (Å²) in [6, 6.07) is 11.6. The van der Waals surface area contributed by atoms with Crippen molar-refractivity contribution >= 4 is 23.6 Å². The van der Waals surface area contributed by atoms with Gasteiger partial charge in [-0.2, -0.15) is 0 Å². The highest BCUT2D eigenvalue weighted by Gasteiger charge is 2.36. The van der Waals surface area contributed by atoms with E-state index >= 15 is 0 Å². The molecule has 1 aromatic carbocycles. The van der Waals surface area contributed by atoms with Crippen molar-refractivity contribution in [2.45, 2.75) is 32.2 Å². The van der Waals surface area contributed by atoms with Crippen molar-refractivity contribution in [3.8, 4) is 0 Å². The van der Waals surface area contributed by atoms with E-state index in [4.69, 9.17) is 4.74 Å². The molecule has 2 atom stereocenters. The van der Waals surface area contributed by atoms with E-state index in [2.05, 4.69) is 10.6 Å². The Kier molecular flexibility index (Phi) is 6.76. The van der Waals surface area contributed by atoms with Gasteiger partial charge in [-0.05, 0) is 49.6 Å². The number of piperidine rings is 1. The Morgan fingerprint density at radius 2 is 1.85 bits per heavy atom. The molecular weight excluding hydrogens is 424 g/mol. The molecule has 9 heteroatoms. The summed E-state index contributed by atoms with van der Waals surface area (Å²) in [6.45, 7) is 4.05. The maximum atomic E-state index is 12.7. The highest BCUT2D eigenvalue weighted by atomic mass is 16.5. The molecule has 33 heavy (non-hydrogen) atoms. The molecule has 9 nitrogen and oxygen atoms in total. The van der Waals surface area contributed by atoms with Crippen molar-refractivity contribution in [2.75, 3.05) is 31.6 Å². The zero-order valence-electron chi connectivity index (χ0n) is 18.6. The van der Waals surface area contributed by atoms with Gasteiger partial charge in [-0.3, -0.25) is 9.59 Å². The number of anilines is 1. The monoisotopic (exact) mass is 452 g/mol. The molecule has 0 radical (unpaired) electrons. The van der Waals surface area contributed by atoms with Crippen LogP contribution in [0.15, 0.2) is 47.3 Å². The third-order valence-electron chi connectivity index (χ3n) is 6.08. The van der Waals surface area contributed by atoms with Crippen molar-refractivity contribution < 1.29 is 19.1 Å². The van der Waals surface area contributed by atoms with Crippen LogP contribution in [0.1, 0.15) is 41.7 Å². The van der Waals surface area contributed by atoms with Crippen molar-refractivity contribution in [2.24, 2.45) is 5.92 Å². The van der Waals surface area contributed by atoms with Crippen LogP contribution < -0.4 is 16.2 Å². The van der Waals surface area contributed by atoms with E-state index in [1.54, 1.807) is 48.2 Å². The number of urea groups is 1. The van der Waals surface area contributed by atoms with Gasteiger partial charge in [0.15, 0.2) is 0 Å². The lowest BCUT2D eigenvalue weighted by molar-refractivity contribution is -0.116. The van der Waals surface area contributed by atoms with E-state index in [0.29, 0.717) is 37.5 Å². The maximum Gasteiger partial charge on any atom is 0.338 e. The fourth-order valence-corrected chi connectivity index (χ4v) is 4.58. The quantitative estimate of drug-likeness (QED) is 0.653. The Hall–Kier alpha value is -3.62. The molecule has 1 fully saturated rings. The van der Waals surface area contributed by atoms with Crippen LogP contribution in [-0.2, 0) is 16.1 Å². The molecule has 1 aromatic heterocycles. The lowest BCUT2D eigenvalue weighted by atomic mass is 9.83. The van der Waals surface area contributed by atoms with Crippen molar-refractivity contribution in [3.63, 3.8) is 0 Å². The number of rotatable bonds is 6. The fraction of sp³-hybridized carbons (Fsp3) is 0.417. The van der Waals surface area contributed by atoms with Crippen LogP contribution in [0.3, 0.4) is 0 Å². The van der Waals surface area contributed by atoms with Crippen LogP contribution in [0.5, 0.6) is 0 Å². The zero-order valence-corrected chi connectivity index (χ0v) is 18.6. The van der Waals surface area contributed by atoms with E-state index in [9.17, 15) is 19.2 Å². The maximum absolute atomic E-state index is 12.7. The highest BCUT2D eigenvalue weighted by molar-refractivity contribution is 5.93. The number of fused-ring (bicyclic) bond motifs is 4. The second kappa shape index (κ2) is 9.89. The number of nitrogens with one attached hydrogen (secondary N) is 2. The zero-order chi connectivity index (χ0) is 23.4. The first-order chi connectivity index (χ1) is 15.9. The topological polar surface area (TPSA) is 110 Å². The Bertz CT molecular complexity index is 1090. The molecule has 174 valence electrons. The number of carbonyl (C=O) groups is 3. The molecule has 1 saturated heterocycles. The first kappa shape index (κ1) is 22.6. The molecular formula is C24H28N4O5. The number of ether oxygens (including phenoxy) is 1. The van der Waals surface area contributed by atoms with Gasteiger partial charge >= 0.3 is 12.0 Å². The van der Waals surface area contributed by atoms with E-state index in [0.717, 1.165) is 12.1 Å². The summed E-state index contributed by atoms with van der Waals surface area (Å²) < 4.78 is 6.77. The molecule has 0 aliphatic carbocycles. The average molecular weight is 453 g/mol. The predicted octanol–water partition coefficient (Wildman–Crippen LogP) is 2.18. The molecule has 2 aromatic rings. The number of carbonyl (C=O) groups excluding carboxylic acids is 3. The molecule has 0 saturated carbocycles. The SMILES string of the molecule is CCOC(=O)c1ccc(NC(=O)CCNC(=O)N2C[C@H]3C[C@H](C2)c2cccc(=O)n2C3)cc1. The van der Waals surface area contributed by atoms with Crippen molar-refractivity contribution in [1.82, 2.24) is 14.8 Å². The minimum Gasteiger partial charge on any atom is -0.462 e. The van der Waals surface area contributed by atoms with Gasteiger partial charge in [-0.15, -0.1) is 0 Å². The lowest BCUT2D eigenvalue weighted by Crippen LogP contribution is -2.52. The van der Waals surface area contributed by atoms with Gasteiger partial charge in [0.1, 0.15) is 0 Å². The number of hydrogen-bond acceptors (Lipinski definition) is 5. The second-order valence-electron chi connectivity index (χ2n) is 8.43. The van der Waals surface area contributed by atoms with Gasteiger partial charge in [0.25, 0.3) is 5.56 Å². The number of hydrogen-bond donors (Lipinski definition) is 2. The minimum absolute atomic E-state index is 0.0154. The predicted molar refractivity (Wildman–Crippen MR) is 122 cm³/mol. The molecule has 2 aliphatic rings. The summed E-state index contributed by atoms with van der Waals surface area (Å²) >= 11 is 0. The van der Waals surface area contributed by atoms with Gasteiger partial charge in [0.05, 0.1) is 12.2 Å². The average Bonchev–Trinajstić information content (AvgIpc) is 2.80. The fourth-order valence-electron chi connectivity index (χ4n) is 4.58. The summed E-state index contributed by atoms with van der Waals surface area (Å²) in [6.07, 6.45) is 1.11. The number of likely N-dealkylation sites (tertiary alicyclic amines) is 1. The number of nitrogens with zero attached hydrogens (tertiary/aromatic N) is 2.